The van der Waals surface area contributed by atoms with Crippen molar-refractivity contribution in [3.05, 3.63) is 80.4 Å². The second kappa shape index (κ2) is 24.1. The molecule has 0 saturated carbocycles. The first-order valence-corrected chi connectivity index (χ1v) is 26.8. The van der Waals surface area contributed by atoms with Crippen LogP contribution in [0, 0.1) is 0 Å². The number of aromatic nitrogens is 8. The third-order valence-corrected chi connectivity index (χ3v) is 15.9. The first kappa shape index (κ1) is 65.1. The molecular weight excluding hydrogens is 1410 g/mol. The Bertz CT molecular complexity index is 3560. The van der Waals surface area contributed by atoms with Gasteiger partial charge in [-0.3, -0.25) is 25.3 Å². The van der Waals surface area contributed by atoms with Crippen molar-refractivity contribution in [2.75, 3.05) is 0 Å². The monoisotopic (exact) mass is 1400 g/mol. The Hall–Kier alpha value is -0.445. The van der Waals surface area contributed by atoms with Crippen LogP contribution < -0.4 is 0 Å². The first-order chi connectivity index (χ1) is 32.4. The van der Waals surface area contributed by atoms with Crippen LogP contribution in [0.4, 0.5) is 0 Å². The molecule has 2 aliphatic rings. The Labute approximate surface area is 508 Å². The van der Waals surface area contributed by atoms with E-state index in [9.17, 15) is 0 Å². The van der Waals surface area contributed by atoms with Crippen LogP contribution in [-0.4, -0.2) is 127 Å². The molecular formula is C32H2Al2Cl16N8O12S3. The summed E-state index contributed by atoms with van der Waals surface area (Å²) in [6, 6.07) is 0. The third-order valence-electron chi connectivity index (χ3n) is 8.68. The Balaban J connectivity index is 0.000000599. The molecule has 0 saturated heterocycles. The van der Waals surface area contributed by atoms with Gasteiger partial charge in [0, 0.05) is 31.2 Å². The molecule has 2 N–H and O–H groups in total. The quantitative estimate of drug-likeness (QED) is 0.0468. The third kappa shape index (κ3) is 13.6. The predicted octanol–water partition coefficient (Wildman–Crippen LogP) is 12.5. The summed E-state index contributed by atoms with van der Waals surface area (Å²) in [6.45, 7) is 0. The number of fused-ring (bicyclic) bond motifs is 20. The second-order valence-electron chi connectivity index (χ2n) is 12.9. The molecule has 0 atom stereocenters. The molecule has 41 heteroatoms. The van der Waals surface area contributed by atoms with Crippen molar-refractivity contribution in [2.24, 2.45) is 0 Å². The Morgan fingerprint density at radius 3 is 0.548 bits per heavy atom. The van der Waals surface area contributed by atoms with Crippen LogP contribution in [0.2, 0.25) is 80.4 Å². The van der Waals surface area contributed by atoms with E-state index in [1.165, 1.54) is 0 Å². The van der Waals surface area contributed by atoms with Gasteiger partial charge in [0.25, 0.3) is 0 Å². The van der Waals surface area contributed by atoms with Crippen molar-refractivity contribution >= 4 is 296 Å². The fourth-order valence-electron chi connectivity index (χ4n) is 6.24. The topological polar surface area (TPSA) is 350 Å². The minimum Gasteiger partial charge on any atom is -0.759 e. The van der Waals surface area contributed by atoms with Crippen molar-refractivity contribution < 1.29 is 52.6 Å². The molecule has 0 aliphatic carbocycles. The van der Waals surface area contributed by atoms with Crippen LogP contribution in [0.1, 0.15) is 0 Å². The largest absolute Gasteiger partial charge is 3.00 e. The fourth-order valence-corrected chi connectivity index (χ4v) is 10.3. The number of nitrogens with one attached hydrogen (secondary N) is 2. The summed E-state index contributed by atoms with van der Waals surface area (Å²) in [4.78, 5) is 34.9. The molecule has 73 heavy (non-hydrogen) atoms. The van der Waals surface area contributed by atoms with Crippen LogP contribution in [0.3, 0.4) is 0 Å². The van der Waals surface area contributed by atoms with Crippen molar-refractivity contribution in [3.63, 3.8) is 0 Å². The van der Waals surface area contributed by atoms with Crippen LogP contribution >= 0.6 is 186 Å². The molecule has 9 rings (SSSR count). The van der Waals surface area contributed by atoms with Gasteiger partial charge >= 0.3 is 34.7 Å². The van der Waals surface area contributed by atoms with Gasteiger partial charge in [-0.1, -0.05) is 186 Å². The summed E-state index contributed by atoms with van der Waals surface area (Å²) in [7, 11) is -15.5. The summed E-state index contributed by atoms with van der Waals surface area (Å²) >= 11 is 107. The van der Waals surface area contributed by atoms with E-state index in [-0.39, 0.29) is 205 Å². The van der Waals surface area contributed by atoms with Gasteiger partial charge in [0.15, 0.2) is 23.3 Å². The molecule has 0 amide bonds. The summed E-state index contributed by atoms with van der Waals surface area (Å²) in [5.41, 5.74) is 0.666. The SMILES string of the molecule is Clc1c(Cl)c(Cl)c2c(c1Cl)-c1nc-2nc2[nH]c(nc3nc(nc4[nH]c(n1)c1c(Cl)c(Cl)c(Cl)c(Cl)c41)-c1c(Cl)c(Cl)c(Cl)c(Cl)c1-3)c1c(Cl)c(Cl)c(Cl)c(Cl)c21.O=S(=O)([O-])[O-].O=S(=O)([O-])[O-].O=S(=O)([O-])[O-].[Al+3].[Al+3]. The van der Waals surface area contributed by atoms with Gasteiger partial charge in [0.1, 0.15) is 22.6 Å². The van der Waals surface area contributed by atoms with Crippen molar-refractivity contribution in [1.29, 1.82) is 0 Å². The second-order valence-corrected chi connectivity index (χ2v) is 21.4. The van der Waals surface area contributed by atoms with Gasteiger partial charge in [-0.15, -0.1) is 0 Å². The van der Waals surface area contributed by atoms with E-state index in [4.69, 9.17) is 268 Å². The van der Waals surface area contributed by atoms with Crippen LogP contribution in [0.5, 0.6) is 0 Å². The molecule has 0 spiro atoms. The summed E-state index contributed by atoms with van der Waals surface area (Å²) in [5.74, 6) is -0.257. The Morgan fingerprint density at radius 1 is 0.260 bits per heavy atom. The zero-order valence-electron chi connectivity index (χ0n) is 33.0. The summed E-state index contributed by atoms with van der Waals surface area (Å²) in [5, 5.41) is -0.398. The van der Waals surface area contributed by atoms with E-state index >= 15 is 0 Å². The van der Waals surface area contributed by atoms with Crippen LogP contribution in [0.25, 0.3) is 89.7 Å². The maximum Gasteiger partial charge on any atom is 3.00 e. The number of hydrogen-bond acceptors (Lipinski definition) is 18. The number of benzene rings is 4. The zero-order chi connectivity index (χ0) is 53.6. The molecule has 5 heterocycles. The smallest absolute Gasteiger partial charge is 0.759 e. The number of nitrogens with zero attached hydrogens (tertiary/aromatic N) is 6. The van der Waals surface area contributed by atoms with Gasteiger partial charge in [0.2, 0.25) is 0 Å². The van der Waals surface area contributed by atoms with Gasteiger partial charge in [0.05, 0.1) is 124 Å². The number of halogens is 16. The van der Waals surface area contributed by atoms with Crippen molar-refractivity contribution in [1.82, 2.24) is 39.9 Å². The van der Waals surface area contributed by atoms with Crippen molar-refractivity contribution in [2.45, 2.75) is 0 Å². The van der Waals surface area contributed by atoms with E-state index < -0.39 is 31.2 Å². The maximum atomic E-state index is 8.52. The average molecular weight is 1410 g/mol. The summed E-state index contributed by atoms with van der Waals surface area (Å²) in [6.07, 6.45) is 0. The van der Waals surface area contributed by atoms with Gasteiger partial charge in [-0.05, 0) is 0 Å². The van der Waals surface area contributed by atoms with Crippen LogP contribution in [-0.2, 0) is 31.2 Å². The minimum atomic E-state index is -5.17. The molecule has 4 aromatic carbocycles. The molecule has 20 nitrogen and oxygen atoms in total. The first-order valence-electron chi connectivity index (χ1n) is 16.7. The number of hydrogen-bond donors (Lipinski definition) is 2. The van der Waals surface area contributed by atoms with E-state index in [0.717, 1.165) is 0 Å². The Morgan fingerprint density at radius 2 is 0.397 bits per heavy atom. The van der Waals surface area contributed by atoms with Gasteiger partial charge in [-0.25, -0.2) is 29.9 Å². The number of H-pyrrole nitrogens is 2. The number of rotatable bonds is 0. The fraction of sp³-hybridized carbons (Fsp3) is 0. The van der Waals surface area contributed by atoms with Crippen LogP contribution in [0.15, 0.2) is 0 Å². The average Bonchev–Trinajstić information content (AvgIpc) is 3.99. The standard InChI is InChI=1S/C32H2Cl16N8.2Al.3H2O4S/c33-9-1-2(10(34)18(42)17(9)41)26-49-25(1)53-27-3-4(12(36)20(44)19(43)11(3)35)29(50-27)55-31-7-8(16(40)24(48)23(47)15(7)39)32(52-31)56-30-6-5(28(51-30)54-26)13(37)21(45)22(46)14(6)38;;;3*1-5(2,3)4/h(H2,49,50,51,52,53,54,55,56);;;3*(H2,1,2,3,4)/q;2*+3;;;/p-6. The summed E-state index contributed by atoms with van der Waals surface area (Å²) < 4.78 is 102. The normalized spacial score (nSPS) is 11.8. The zero-order valence-corrected chi connectivity index (χ0v) is 49.9. The van der Waals surface area contributed by atoms with Crippen molar-refractivity contribution in [3.8, 4) is 45.6 Å². The molecule has 3 aromatic heterocycles. The molecule has 0 fully saturated rings. The molecule has 0 radical (unpaired) electrons. The predicted molar refractivity (Wildman–Crippen MR) is 279 cm³/mol. The molecule has 8 bridgehead atoms. The minimum absolute atomic E-state index is 0. The Kier molecular flexibility index (Phi) is 21.5. The molecule has 7 aromatic rings. The van der Waals surface area contributed by atoms with E-state index in [2.05, 4.69) is 9.97 Å². The maximum absolute atomic E-state index is 8.52. The van der Waals surface area contributed by atoms with Gasteiger partial charge < -0.3 is 37.3 Å². The van der Waals surface area contributed by atoms with E-state index in [1.807, 2.05) is 0 Å². The molecule has 378 valence electrons. The molecule has 2 aliphatic heterocycles. The van der Waals surface area contributed by atoms with Gasteiger partial charge in [-0.2, -0.15) is 0 Å². The van der Waals surface area contributed by atoms with E-state index in [1.54, 1.807) is 0 Å². The van der Waals surface area contributed by atoms with E-state index in [0.29, 0.717) is 0 Å². The molecule has 0 unspecified atom stereocenters. The number of aromatic amines is 2.